The molecule has 21 heavy (non-hydrogen) atoms. The number of carbonyl (C=O) groups excluding carboxylic acids is 1. The maximum absolute atomic E-state index is 12.1. The molecule has 0 radical (unpaired) electrons. The molecule has 2 rings (SSSR count). The highest BCUT2D eigenvalue weighted by atomic mass is 16.5. The minimum absolute atomic E-state index is 0.102. The number of likely N-dealkylation sites (N-methyl/N-ethyl adjacent to an activating group) is 2. The van der Waals surface area contributed by atoms with Gasteiger partial charge in [-0.2, -0.15) is 0 Å². The van der Waals surface area contributed by atoms with Gasteiger partial charge in [0, 0.05) is 25.2 Å². The van der Waals surface area contributed by atoms with Crippen molar-refractivity contribution in [3.63, 3.8) is 0 Å². The van der Waals surface area contributed by atoms with E-state index in [9.17, 15) is 4.79 Å². The van der Waals surface area contributed by atoms with Crippen LogP contribution in [0.4, 0.5) is 0 Å². The lowest BCUT2D eigenvalue weighted by Crippen LogP contribution is -2.49. The van der Waals surface area contributed by atoms with Crippen LogP contribution in [0.1, 0.15) is 39.5 Å². The Kier molecular flexibility index (Phi) is 6.45. The maximum atomic E-state index is 12.1. The van der Waals surface area contributed by atoms with Gasteiger partial charge in [0.2, 0.25) is 0 Å². The first-order valence-corrected chi connectivity index (χ1v) is 8.49. The van der Waals surface area contributed by atoms with Gasteiger partial charge >= 0.3 is 5.97 Å². The molecule has 122 valence electrons. The Morgan fingerprint density at radius 3 is 2.76 bits per heavy atom. The standard InChI is InChI=1S/C16H31N3O2/c1-4-19-10-6-7-14(19)11-18(3)12-15(16(20)21-5-2)17-13-8-9-13/h13-15,17H,4-12H2,1-3H3. The largest absolute Gasteiger partial charge is 0.465 e. The Balaban J connectivity index is 1.81. The van der Waals surface area contributed by atoms with E-state index in [1.165, 1.54) is 32.2 Å². The molecule has 5 nitrogen and oxygen atoms in total. The van der Waals surface area contributed by atoms with E-state index in [0.29, 0.717) is 18.7 Å². The smallest absolute Gasteiger partial charge is 0.324 e. The fourth-order valence-electron chi connectivity index (χ4n) is 3.24. The van der Waals surface area contributed by atoms with Gasteiger partial charge in [0.05, 0.1) is 6.61 Å². The lowest BCUT2D eigenvalue weighted by molar-refractivity contribution is -0.146. The number of likely N-dealkylation sites (tertiary alicyclic amines) is 1. The number of nitrogens with zero attached hydrogens (tertiary/aromatic N) is 2. The van der Waals surface area contributed by atoms with E-state index in [4.69, 9.17) is 4.74 Å². The number of carbonyl (C=O) groups is 1. The molecule has 2 aliphatic rings. The highest BCUT2D eigenvalue weighted by Gasteiger charge is 2.31. The van der Waals surface area contributed by atoms with E-state index in [1.807, 2.05) is 6.92 Å². The predicted octanol–water partition coefficient (Wildman–Crippen LogP) is 1.09. The SMILES string of the molecule is CCOC(=O)C(CN(C)CC1CCCN1CC)NC1CC1. The molecule has 1 aliphatic heterocycles. The van der Waals surface area contributed by atoms with Crippen LogP contribution in [0.2, 0.25) is 0 Å². The summed E-state index contributed by atoms with van der Waals surface area (Å²) in [5.41, 5.74) is 0. The molecular weight excluding hydrogens is 266 g/mol. The van der Waals surface area contributed by atoms with Crippen LogP contribution in [0.15, 0.2) is 0 Å². The van der Waals surface area contributed by atoms with Crippen LogP contribution in [0.25, 0.3) is 0 Å². The number of hydrogen-bond acceptors (Lipinski definition) is 5. The molecule has 0 amide bonds. The summed E-state index contributed by atoms with van der Waals surface area (Å²) in [6.07, 6.45) is 4.95. The third kappa shape index (κ3) is 5.24. The van der Waals surface area contributed by atoms with Crippen molar-refractivity contribution in [3.05, 3.63) is 0 Å². The van der Waals surface area contributed by atoms with Crippen LogP contribution < -0.4 is 5.32 Å². The lowest BCUT2D eigenvalue weighted by Gasteiger charge is -2.29. The van der Waals surface area contributed by atoms with Crippen molar-refractivity contribution in [2.45, 2.75) is 57.7 Å². The number of ether oxygens (including phenoxy) is 1. The number of nitrogens with one attached hydrogen (secondary N) is 1. The van der Waals surface area contributed by atoms with Crippen LogP contribution in [-0.2, 0) is 9.53 Å². The van der Waals surface area contributed by atoms with Gasteiger partial charge in [-0.3, -0.25) is 9.69 Å². The monoisotopic (exact) mass is 297 g/mol. The van der Waals surface area contributed by atoms with Gasteiger partial charge < -0.3 is 15.0 Å². The van der Waals surface area contributed by atoms with E-state index in [0.717, 1.165) is 19.6 Å². The topological polar surface area (TPSA) is 44.8 Å². The van der Waals surface area contributed by atoms with E-state index in [-0.39, 0.29) is 12.0 Å². The molecule has 0 aromatic rings. The number of rotatable bonds is 9. The van der Waals surface area contributed by atoms with Crippen LogP contribution in [0.3, 0.4) is 0 Å². The van der Waals surface area contributed by atoms with Gasteiger partial charge in [-0.05, 0) is 52.7 Å². The predicted molar refractivity (Wildman–Crippen MR) is 84.3 cm³/mol. The first-order valence-electron chi connectivity index (χ1n) is 8.49. The molecule has 1 N–H and O–H groups in total. The Morgan fingerprint density at radius 1 is 1.38 bits per heavy atom. The summed E-state index contributed by atoms with van der Waals surface area (Å²) < 4.78 is 5.21. The van der Waals surface area contributed by atoms with Crippen LogP contribution in [-0.4, -0.2) is 73.7 Å². The summed E-state index contributed by atoms with van der Waals surface area (Å²) >= 11 is 0. The zero-order chi connectivity index (χ0) is 15.2. The average molecular weight is 297 g/mol. The molecule has 1 saturated carbocycles. The fraction of sp³-hybridized carbons (Fsp3) is 0.938. The molecule has 0 bridgehead atoms. The number of hydrogen-bond donors (Lipinski definition) is 1. The third-order valence-electron chi connectivity index (χ3n) is 4.51. The second-order valence-corrected chi connectivity index (χ2v) is 6.39. The highest BCUT2D eigenvalue weighted by molar-refractivity contribution is 5.76. The molecule has 2 atom stereocenters. The van der Waals surface area contributed by atoms with E-state index < -0.39 is 0 Å². The first-order chi connectivity index (χ1) is 10.1. The summed E-state index contributed by atoms with van der Waals surface area (Å²) in [6, 6.07) is 0.981. The molecule has 0 aromatic carbocycles. The van der Waals surface area contributed by atoms with Crippen molar-refractivity contribution in [3.8, 4) is 0 Å². The lowest BCUT2D eigenvalue weighted by atomic mass is 10.2. The number of esters is 1. The van der Waals surface area contributed by atoms with E-state index in [2.05, 4.69) is 29.1 Å². The van der Waals surface area contributed by atoms with Crippen LogP contribution in [0, 0.1) is 0 Å². The maximum Gasteiger partial charge on any atom is 0.324 e. The van der Waals surface area contributed by atoms with Gasteiger partial charge in [0.25, 0.3) is 0 Å². The Bertz CT molecular complexity index is 333. The summed E-state index contributed by atoms with van der Waals surface area (Å²) in [6.45, 7) is 8.68. The summed E-state index contributed by atoms with van der Waals surface area (Å²) in [5, 5.41) is 3.43. The van der Waals surface area contributed by atoms with E-state index >= 15 is 0 Å². The summed E-state index contributed by atoms with van der Waals surface area (Å²) in [7, 11) is 2.12. The first kappa shape index (κ1) is 16.7. The Labute approximate surface area is 129 Å². The van der Waals surface area contributed by atoms with Crippen molar-refractivity contribution in [2.24, 2.45) is 0 Å². The van der Waals surface area contributed by atoms with Crippen molar-refractivity contribution < 1.29 is 9.53 Å². The molecule has 1 heterocycles. The molecule has 0 aromatic heterocycles. The van der Waals surface area contributed by atoms with Crippen molar-refractivity contribution in [1.29, 1.82) is 0 Å². The quantitative estimate of drug-likeness (QED) is 0.645. The molecule has 5 heteroatoms. The zero-order valence-corrected chi connectivity index (χ0v) is 13.8. The third-order valence-corrected chi connectivity index (χ3v) is 4.51. The molecule has 1 saturated heterocycles. The molecular formula is C16H31N3O2. The van der Waals surface area contributed by atoms with Crippen molar-refractivity contribution in [2.75, 3.05) is 39.8 Å². The summed E-state index contributed by atoms with van der Waals surface area (Å²) in [4.78, 5) is 16.9. The van der Waals surface area contributed by atoms with Gasteiger partial charge in [-0.15, -0.1) is 0 Å². The minimum atomic E-state index is -0.182. The Morgan fingerprint density at radius 2 is 2.14 bits per heavy atom. The van der Waals surface area contributed by atoms with Gasteiger partial charge in [-0.1, -0.05) is 6.92 Å². The van der Waals surface area contributed by atoms with Crippen LogP contribution in [0.5, 0.6) is 0 Å². The molecule has 1 aliphatic carbocycles. The molecule has 2 fully saturated rings. The second kappa shape index (κ2) is 8.11. The van der Waals surface area contributed by atoms with Crippen molar-refractivity contribution in [1.82, 2.24) is 15.1 Å². The minimum Gasteiger partial charge on any atom is -0.465 e. The summed E-state index contributed by atoms with van der Waals surface area (Å²) in [5.74, 6) is -0.102. The van der Waals surface area contributed by atoms with Gasteiger partial charge in [0.1, 0.15) is 6.04 Å². The van der Waals surface area contributed by atoms with Gasteiger partial charge in [-0.25, -0.2) is 0 Å². The molecule has 0 spiro atoms. The second-order valence-electron chi connectivity index (χ2n) is 6.39. The zero-order valence-electron chi connectivity index (χ0n) is 13.8. The molecule has 2 unspecified atom stereocenters. The van der Waals surface area contributed by atoms with E-state index in [1.54, 1.807) is 0 Å². The Hall–Kier alpha value is -0.650. The van der Waals surface area contributed by atoms with Crippen LogP contribution >= 0.6 is 0 Å². The fourth-order valence-corrected chi connectivity index (χ4v) is 3.24. The normalized spacial score (nSPS) is 24.5. The van der Waals surface area contributed by atoms with Crippen molar-refractivity contribution >= 4 is 5.97 Å². The van der Waals surface area contributed by atoms with Gasteiger partial charge in [0.15, 0.2) is 0 Å². The highest BCUT2D eigenvalue weighted by Crippen LogP contribution is 2.20. The average Bonchev–Trinajstić information content (AvgIpc) is 3.16.